The highest BCUT2D eigenvalue weighted by Crippen LogP contribution is 2.17. The molecule has 1 aromatic heterocycles. The van der Waals surface area contributed by atoms with Gasteiger partial charge in [-0.1, -0.05) is 12.8 Å². The third-order valence-corrected chi connectivity index (χ3v) is 3.09. The van der Waals surface area contributed by atoms with Crippen molar-refractivity contribution in [2.24, 2.45) is 0 Å². The Morgan fingerprint density at radius 3 is 2.67 bits per heavy atom. The number of nitrogens with zero attached hydrogens (tertiary/aromatic N) is 1. The first kappa shape index (κ1) is 12.3. The molecule has 1 aromatic rings. The number of nitrogen functional groups attached to an aromatic ring is 1. The number of thioether (sulfide) groups is 1. The first-order chi connectivity index (χ1) is 7.33. The van der Waals surface area contributed by atoms with Gasteiger partial charge in [0.15, 0.2) is 0 Å². The third kappa shape index (κ3) is 5.64. The van der Waals surface area contributed by atoms with Crippen molar-refractivity contribution in [3.05, 3.63) is 18.3 Å². The average molecular weight is 226 g/mol. The topological polar surface area (TPSA) is 59.1 Å². The van der Waals surface area contributed by atoms with Gasteiger partial charge in [0.05, 0.1) is 16.9 Å². The first-order valence-electron chi connectivity index (χ1n) is 5.28. The molecule has 15 heavy (non-hydrogen) atoms. The molecule has 0 saturated heterocycles. The molecule has 0 atom stereocenters. The molecule has 0 aliphatic heterocycles. The third-order valence-electron chi connectivity index (χ3n) is 2.06. The van der Waals surface area contributed by atoms with Crippen molar-refractivity contribution >= 4 is 17.4 Å². The summed E-state index contributed by atoms with van der Waals surface area (Å²) in [4.78, 5) is 4.21. The summed E-state index contributed by atoms with van der Waals surface area (Å²) in [6.45, 7) is 0.312. The van der Waals surface area contributed by atoms with Crippen molar-refractivity contribution in [3.63, 3.8) is 0 Å². The smallest absolute Gasteiger partial charge is 0.0961 e. The van der Waals surface area contributed by atoms with Crippen LogP contribution in [0, 0.1) is 0 Å². The van der Waals surface area contributed by atoms with E-state index in [9.17, 15) is 0 Å². The van der Waals surface area contributed by atoms with E-state index in [-0.39, 0.29) is 0 Å². The monoisotopic (exact) mass is 226 g/mol. The van der Waals surface area contributed by atoms with Crippen LogP contribution in [-0.2, 0) is 0 Å². The Bertz CT molecular complexity index is 264. The summed E-state index contributed by atoms with van der Waals surface area (Å²) in [7, 11) is 0. The molecule has 3 nitrogen and oxygen atoms in total. The van der Waals surface area contributed by atoms with Crippen molar-refractivity contribution in [2.75, 3.05) is 18.1 Å². The van der Waals surface area contributed by atoms with Gasteiger partial charge in [-0.3, -0.25) is 0 Å². The van der Waals surface area contributed by atoms with Crippen LogP contribution in [0.5, 0.6) is 0 Å². The Kier molecular flexibility index (Phi) is 6.20. The van der Waals surface area contributed by atoms with Crippen LogP contribution >= 0.6 is 11.8 Å². The number of rotatable bonds is 7. The second-order valence-corrected chi connectivity index (χ2v) is 4.53. The van der Waals surface area contributed by atoms with E-state index in [4.69, 9.17) is 10.8 Å². The number of pyridine rings is 1. The molecule has 0 amide bonds. The van der Waals surface area contributed by atoms with Gasteiger partial charge in [-0.2, -0.15) is 0 Å². The van der Waals surface area contributed by atoms with Gasteiger partial charge in [-0.15, -0.1) is 11.8 Å². The van der Waals surface area contributed by atoms with E-state index in [1.54, 1.807) is 18.0 Å². The maximum atomic E-state index is 8.60. The molecule has 3 N–H and O–H groups in total. The van der Waals surface area contributed by atoms with E-state index in [0.29, 0.717) is 12.3 Å². The highest BCUT2D eigenvalue weighted by Gasteiger charge is 1.95. The molecule has 0 aromatic carbocycles. The molecule has 0 aliphatic rings. The average Bonchev–Trinajstić information content (AvgIpc) is 2.26. The molecule has 1 heterocycles. The lowest BCUT2D eigenvalue weighted by atomic mass is 10.2. The number of aromatic nitrogens is 1. The molecule has 4 heteroatoms. The van der Waals surface area contributed by atoms with Crippen LogP contribution in [0.2, 0.25) is 0 Å². The summed E-state index contributed by atoms with van der Waals surface area (Å²) < 4.78 is 0. The minimum Gasteiger partial charge on any atom is -0.397 e. The molecule has 0 fully saturated rings. The lowest BCUT2D eigenvalue weighted by Gasteiger charge is -2.01. The van der Waals surface area contributed by atoms with Gasteiger partial charge in [0, 0.05) is 6.61 Å². The Morgan fingerprint density at radius 2 is 2.00 bits per heavy atom. The second-order valence-electron chi connectivity index (χ2n) is 3.42. The van der Waals surface area contributed by atoms with Crippen molar-refractivity contribution < 1.29 is 5.11 Å². The number of hydrogen-bond acceptors (Lipinski definition) is 4. The van der Waals surface area contributed by atoms with Crippen molar-refractivity contribution in [2.45, 2.75) is 30.7 Å². The minimum atomic E-state index is 0.312. The molecular weight excluding hydrogens is 208 g/mol. The molecule has 84 valence electrons. The molecule has 0 radical (unpaired) electrons. The molecule has 0 spiro atoms. The van der Waals surface area contributed by atoms with Gasteiger partial charge in [0.2, 0.25) is 0 Å². The van der Waals surface area contributed by atoms with E-state index >= 15 is 0 Å². The summed E-state index contributed by atoms with van der Waals surface area (Å²) >= 11 is 1.76. The molecule has 0 aliphatic carbocycles. The molecule has 0 unspecified atom stereocenters. The number of aliphatic hydroxyl groups is 1. The molecule has 1 rings (SSSR count). The fourth-order valence-electron chi connectivity index (χ4n) is 1.22. The lowest BCUT2D eigenvalue weighted by molar-refractivity contribution is 0.283. The van der Waals surface area contributed by atoms with Crippen molar-refractivity contribution in [1.82, 2.24) is 4.98 Å². The number of hydrogen-bond donors (Lipinski definition) is 2. The zero-order valence-corrected chi connectivity index (χ0v) is 9.67. The summed E-state index contributed by atoms with van der Waals surface area (Å²) in [5.41, 5.74) is 6.25. The van der Waals surface area contributed by atoms with E-state index in [1.165, 1.54) is 12.8 Å². The molecule has 0 bridgehead atoms. The Balaban J connectivity index is 2.07. The summed E-state index contributed by atoms with van der Waals surface area (Å²) in [6, 6.07) is 3.83. The largest absolute Gasteiger partial charge is 0.397 e. The van der Waals surface area contributed by atoms with Gasteiger partial charge in [-0.05, 0) is 30.7 Å². The number of aliphatic hydroxyl groups excluding tert-OH is 1. The Labute approximate surface area is 95.1 Å². The first-order valence-corrected chi connectivity index (χ1v) is 6.26. The molecule has 0 saturated carbocycles. The van der Waals surface area contributed by atoms with Gasteiger partial charge in [0.1, 0.15) is 0 Å². The SMILES string of the molecule is Nc1ccc(SCCCCCCO)nc1. The predicted octanol–water partition coefficient (Wildman–Crippen LogP) is 2.31. The number of nitrogens with two attached hydrogens (primary N) is 1. The van der Waals surface area contributed by atoms with Gasteiger partial charge < -0.3 is 10.8 Å². The molecular formula is C11H18N2OS. The maximum absolute atomic E-state index is 8.60. The highest BCUT2D eigenvalue weighted by molar-refractivity contribution is 7.99. The van der Waals surface area contributed by atoms with E-state index in [1.807, 2.05) is 12.1 Å². The second kappa shape index (κ2) is 7.54. The zero-order chi connectivity index (χ0) is 10.9. The van der Waals surface area contributed by atoms with Crippen molar-refractivity contribution in [3.8, 4) is 0 Å². The number of unbranched alkanes of at least 4 members (excludes halogenated alkanes) is 3. The van der Waals surface area contributed by atoms with Gasteiger partial charge in [-0.25, -0.2) is 4.98 Å². The minimum absolute atomic E-state index is 0.312. The van der Waals surface area contributed by atoms with Crippen molar-refractivity contribution in [1.29, 1.82) is 0 Å². The normalized spacial score (nSPS) is 10.5. The van der Waals surface area contributed by atoms with E-state index < -0.39 is 0 Å². The van der Waals surface area contributed by atoms with Crippen LogP contribution in [0.25, 0.3) is 0 Å². The highest BCUT2D eigenvalue weighted by atomic mass is 32.2. The Morgan fingerprint density at radius 1 is 1.20 bits per heavy atom. The quantitative estimate of drug-likeness (QED) is 0.553. The van der Waals surface area contributed by atoms with Crippen LogP contribution in [0.1, 0.15) is 25.7 Å². The van der Waals surface area contributed by atoms with Crippen LogP contribution in [0.15, 0.2) is 23.4 Å². The van der Waals surface area contributed by atoms with Crippen LogP contribution < -0.4 is 5.73 Å². The number of anilines is 1. The fraction of sp³-hybridized carbons (Fsp3) is 0.545. The predicted molar refractivity (Wildman–Crippen MR) is 64.9 cm³/mol. The van der Waals surface area contributed by atoms with E-state index in [0.717, 1.165) is 23.6 Å². The maximum Gasteiger partial charge on any atom is 0.0961 e. The van der Waals surface area contributed by atoms with Gasteiger partial charge in [0.25, 0.3) is 0 Å². The summed E-state index contributed by atoms with van der Waals surface area (Å²) in [6.07, 6.45) is 6.09. The standard InChI is InChI=1S/C11H18N2OS/c12-10-5-6-11(13-9-10)15-8-4-2-1-3-7-14/h5-6,9,14H,1-4,7-8,12H2. The fourth-order valence-corrected chi connectivity index (χ4v) is 2.07. The van der Waals surface area contributed by atoms with Gasteiger partial charge >= 0.3 is 0 Å². The zero-order valence-electron chi connectivity index (χ0n) is 8.85. The van der Waals surface area contributed by atoms with E-state index in [2.05, 4.69) is 4.98 Å². The lowest BCUT2D eigenvalue weighted by Crippen LogP contribution is -1.88. The van der Waals surface area contributed by atoms with Crippen LogP contribution in [-0.4, -0.2) is 22.5 Å². The summed E-state index contributed by atoms with van der Waals surface area (Å²) in [5.74, 6) is 1.09. The Hall–Kier alpha value is -0.740. The van der Waals surface area contributed by atoms with Crippen LogP contribution in [0.3, 0.4) is 0 Å². The van der Waals surface area contributed by atoms with Crippen LogP contribution in [0.4, 0.5) is 5.69 Å². The summed E-state index contributed by atoms with van der Waals surface area (Å²) in [5, 5.41) is 9.63.